The van der Waals surface area contributed by atoms with Crippen LogP contribution in [-0.4, -0.2) is 26.2 Å². The molecule has 2 aliphatic heterocycles. The smallest absolute Gasteiger partial charge is 0.252 e. The van der Waals surface area contributed by atoms with Crippen molar-refractivity contribution in [1.82, 2.24) is 19.5 Å². The van der Waals surface area contributed by atoms with Gasteiger partial charge in [-0.3, -0.25) is 0 Å². The highest BCUT2D eigenvalue weighted by Gasteiger charge is 2.43. The summed E-state index contributed by atoms with van der Waals surface area (Å²) in [6, 6.07) is 96.1. The van der Waals surface area contributed by atoms with E-state index in [4.69, 9.17) is 15.0 Å². The summed E-state index contributed by atoms with van der Waals surface area (Å²) < 4.78 is 2.43. The molecule has 4 heterocycles. The van der Waals surface area contributed by atoms with E-state index >= 15 is 0 Å². The molecule has 2 aliphatic rings. The number of hydrogen-bond donors (Lipinski definition) is 0. The summed E-state index contributed by atoms with van der Waals surface area (Å²) in [6.45, 7) is 2.19. The van der Waals surface area contributed by atoms with E-state index in [-0.39, 0.29) is 6.71 Å². The van der Waals surface area contributed by atoms with Crippen LogP contribution in [0.2, 0.25) is 0 Å². The maximum Gasteiger partial charge on any atom is 0.252 e. The molecule has 2 aromatic heterocycles. The Labute approximate surface area is 447 Å². The fraction of sp³-hybridized carbons (Fsp3) is 0.0143. The van der Waals surface area contributed by atoms with Crippen molar-refractivity contribution in [2.24, 2.45) is 0 Å². The Hall–Kier alpha value is -10.1. The van der Waals surface area contributed by atoms with Gasteiger partial charge < -0.3 is 14.4 Å². The summed E-state index contributed by atoms with van der Waals surface area (Å²) in [6.07, 6.45) is 0. The van der Waals surface area contributed by atoms with Crippen LogP contribution in [0.1, 0.15) is 5.56 Å². The van der Waals surface area contributed by atoms with Crippen LogP contribution in [0.5, 0.6) is 0 Å². The number of para-hydroxylation sites is 6. The highest BCUT2D eigenvalue weighted by atomic mass is 15.2. The van der Waals surface area contributed by atoms with Gasteiger partial charge in [0.1, 0.15) is 0 Å². The summed E-state index contributed by atoms with van der Waals surface area (Å²) in [5, 5.41) is 2.37. The molecule has 13 aromatic rings. The van der Waals surface area contributed by atoms with E-state index in [1.165, 1.54) is 44.1 Å². The number of fused-ring (bicyclic) bond motifs is 7. The molecule has 0 saturated heterocycles. The first-order chi connectivity index (χ1) is 38.1. The molecular weight excluding hydrogens is 936 g/mol. The zero-order valence-corrected chi connectivity index (χ0v) is 42.2. The molecule has 0 N–H and O–H groups in total. The Morgan fingerprint density at radius 2 is 0.805 bits per heavy atom. The predicted octanol–water partition coefficient (Wildman–Crippen LogP) is 15.7. The predicted molar refractivity (Wildman–Crippen MR) is 320 cm³/mol. The lowest BCUT2D eigenvalue weighted by molar-refractivity contribution is 1.06. The molecule has 0 atom stereocenters. The van der Waals surface area contributed by atoms with Crippen molar-refractivity contribution in [1.29, 1.82) is 0 Å². The summed E-state index contributed by atoms with van der Waals surface area (Å²) in [5.74, 6) is 1.82. The van der Waals surface area contributed by atoms with E-state index in [0.29, 0.717) is 17.5 Å². The molecule has 0 bridgehead atoms. The van der Waals surface area contributed by atoms with Gasteiger partial charge >= 0.3 is 0 Å². The fourth-order valence-corrected chi connectivity index (χ4v) is 12.1. The number of aromatic nitrogens is 4. The lowest BCUT2D eigenvalue weighted by Crippen LogP contribution is -2.61. The van der Waals surface area contributed by atoms with Crippen molar-refractivity contribution in [2.45, 2.75) is 6.92 Å². The molecule has 0 fully saturated rings. The maximum atomic E-state index is 5.37. The molecule has 11 aromatic carbocycles. The van der Waals surface area contributed by atoms with Crippen molar-refractivity contribution >= 4 is 79.0 Å². The van der Waals surface area contributed by atoms with Gasteiger partial charge in [0.2, 0.25) is 0 Å². The van der Waals surface area contributed by atoms with E-state index in [9.17, 15) is 0 Å². The van der Waals surface area contributed by atoms with E-state index in [2.05, 4.69) is 252 Å². The molecular formula is C70H47BN6. The molecule has 77 heavy (non-hydrogen) atoms. The van der Waals surface area contributed by atoms with Crippen molar-refractivity contribution in [3.05, 3.63) is 272 Å². The molecule has 7 heteroatoms. The van der Waals surface area contributed by atoms with Crippen LogP contribution >= 0.6 is 0 Å². The van der Waals surface area contributed by atoms with Crippen LogP contribution in [0.15, 0.2) is 267 Å². The second kappa shape index (κ2) is 18.1. The van der Waals surface area contributed by atoms with Gasteiger partial charge in [-0.25, -0.2) is 15.0 Å². The Bertz CT molecular complexity index is 4250. The maximum absolute atomic E-state index is 5.37. The van der Waals surface area contributed by atoms with Crippen LogP contribution in [0.25, 0.3) is 83.9 Å². The van der Waals surface area contributed by atoms with Crippen molar-refractivity contribution in [3.8, 4) is 62.1 Å². The molecule has 0 amide bonds. The van der Waals surface area contributed by atoms with Crippen molar-refractivity contribution in [3.63, 3.8) is 0 Å². The van der Waals surface area contributed by atoms with Gasteiger partial charge in [0.15, 0.2) is 17.5 Å². The monoisotopic (exact) mass is 982 g/mol. The van der Waals surface area contributed by atoms with E-state index < -0.39 is 0 Å². The molecule has 0 radical (unpaired) electrons. The minimum Gasteiger partial charge on any atom is -0.311 e. The van der Waals surface area contributed by atoms with E-state index in [1.807, 2.05) is 36.4 Å². The number of anilines is 6. The quantitative estimate of drug-likeness (QED) is 0.142. The highest BCUT2D eigenvalue weighted by molar-refractivity contribution is 7.00. The van der Waals surface area contributed by atoms with Gasteiger partial charge in [0.25, 0.3) is 6.71 Å². The van der Waals surface area contributed by atoms with E-state index in [0.717, 1.165) is 78.4 Å². The second-order valence-corrected chi connectivity index (χ2v) is 20.0. The molecule has 0 unspecified atom stereocenters. The summed E-state index contributed by atoms with van der Waals surface area (Å²) in [4.78, 5) is 20.8. The van der Waals surface area contributed by atoms with E-state index in [1.54, 1.807) is 0 Å². The van der Waals surface area contributed by atoms with Crippen molar-refractivity contribution in [2.75, 3.05) is 9.80 Å². The topological polar surface area (TPSA) is 50.1 Å². The number of nitrogens with zero attached hydrogens (tertiary/aromatic N) is 6. The van der Waals surface area contributed by atoms with Crippen LogP contribution in [0, 0.1) is 6.92 Å². The van der Waals surface area contributed by atoms with Gasteiger partial charge in [-0.15, -0.1) is 0 Å². The Balaban J connectivity index is 0.995. The minimum atomic E-state index is 0.0215. The highest BCUT2D eigenvalue weighted by Crippen LogP contribution is 2.47. The largest absolute Gasteiger partial charge is 0.311 e. The van der Waals surface area contributed by atoms with Gasteiger partial charge in [0.05, 0.1) is 16.7 Å². The van der Waals surface area contributed by atoms with Crippen LogP contribution in [0.4, 0.5) is 34.1 Å². The van der Waals surface area contributed by atoms with Crippen LogP contribution in [0.3, 0.4) is 0 Å². The van der Waals surface area contributed by atoms with Gasteiger partial charge in [-0.05, 0) is 119 Å². The number of rotatable bonds is 8. The molecule has 0 saturated carbocycles. The average molecular weight is 983 g/mol. The zero-order valence-electron chi connectivity index (χ0n) is 42.2. The average Bonchev–Trinajstić information content (AvgIpc) is 3.85. The van der Waals surface area contributed by atoms with Crippen molar-refractivity contribution < 1.29 is 0 Å². The molecule has 0 aliphatic carbocycles. The first-order valence-electron chi connectivity index (χ1n) is 26.3. The lowest BCUT2D eigenvalue weighted by Gasteiger charge is -2.44. The standard InChI is InChI=1S/C70H47BN6/c1-46-40-41-61-57(42-46)55-32-14-17-37-60(55)77(61)67-54(33-21-34-56(67)70-73-68(47-22-6-2-7-23-47)72-69(74-70)48-24-8-3-9-25-48)50-27-20-26-49(43-50)51-44-64-66-65(45-51)76(53-30-12-5-13-31-53)63-39-19-16-36-59(63)71(66)58-35-15-18-38-62(58)75(64)52-28-10-4-11-29-52/h2-45H,1H3. The summed E-state index contributed by atoms with van der Waals surface area (Å²) in [7, 11) is 0. The summed E-state index contributed by atoms with van der Waals surface area (Å²) >= 11 is 0. The number of aryl methyl sites for hydroxylation is 1. The normalized spacial score (nSPS) is 12.4. The fourth-order valence-electron chi connectivity index (χ4n) is 12.1. The third-order valence-electron chi connectivity index (χ3n) is 15.4. The molecule has 360 valence electrons. The summed E-state index contributed by atoms with van der Waals surface area (Å²) in [5.41, 5.74) is 22.3. The first kappa shape index (κ1) is 44.4. The SMILES string of the molecule is Cc1ccc2c(c1)c1ccccc1n2-c1c(-c2cccc(-c3cc4c5c(c3)N(c3ccccc3)c3ccccc3B5c3ccccc3N4c3ccccc3)c2)cccc1-c1nc(-c2ccccc2)nc(-c2ccccc2)n1. The third kappa shape index (κ3) is 7.31. The van der Waals surface area contributed by atoms with Gasteiger partial charge in [-0.1, -0.05) is 194 Å². The Morgan fingerprint density at radius 3 is 1.43 bits per heavy atom. The molecule has 15 rings (SSSR count). The number of benzene rings is 11. The first-order valence-corrected chi connectivity index (χ1v) is 26.3. The van der Waals surface area contributed by atoms with Crippen LogP contribution < -0.4 is 26.2 Å². The van der Waals surface area contributed by atoms with Crippen LogP contribution in [-0.2, 0) is 0 Å². The van der Waals surface area contributed by atoms with Gasteiger partial charge in [-0.2, -0.15) is 0 Å². The molecule has 0 spiro atoms. The number of hydrogen-bond acceptors (Lipinski definition) is 5. The Morgan fingerprint density at radius 1 is 0.325 bits per heavy atom. The minimum absolute atomic E-state index is 0.0215. The second-order valence-electron chi connectivity index (χ2n) is 20.0. The molecule has 6 nitrogen and oxygen atoms in total. The lowest BCUT2D eigenvalue weighted by atomic mass is 9.33. The third-order valence-corrected chi connectivity index (χ3v) is 15.4. The van der Waals surface area contributed by atoms with Gasteiger partial charge in [0, 0.05) is 67.2 Å². The zero-order chi connectivity index (χ0) is 51.0. The Kier molecular flexibility index (Phi) is 10.4.